The van der Waals surface area contributed by atoms with E-state index in [0.29, 0.717) is 5.30 Å². The van der Waals surface area contributed by atoms with E-state index in [1.807, 2.05) is 0 Å². The summed E-state index contributed by atoms with van der Waals surface area (Å²) in [5, 5.41) is 18.8. The molecule has 0 heterocycles. The Morgan fingerprint density at radius 1 is 0.800 bits per heavy atom. The Morgan fingerprint density at radius 3 is 1.95 bits per heavy atom. The molecular weight excluding hydrogens is 279 g/mol. The first-order chi connectivity index (χ1) is 9.50. The zero-order chi connectivity index (χ0) is 14.7. The molecule has 6 heteroatoms. The molecule has 0 bridgehead atoms. The molecule has 1 atom stereocenters. The van der Waals surface area contributed by atoms with Crippen LogP contribution in [-0.2, 0) is 4.57 Å². The summed E-state index contributed by atoms with van der Waals surface area (Å²) in [4.78, 5) is 22.0. The Bertz CT molecular complexity index is 694. The third-order valence-electron chi connectivity index (χ3n) is 2.69. The average molecular weight is 289 g/mol. The van der Waals surface area contributed by atoms with Gasteiger partial charge in [-0.05, 0) is 24.3 Å². The lowest BCUT2D eigenvalue weighted by Crippen LogP contribution is -2.14. The predicted octanol–water partition coefficient (Wildman–Crippen LogP) is 1.86. The van der Waals surface area contributed by atoms with E-state index in [9.17, 15) is 14.2 Å². The van der Waals surface area contributed by atoms with Gasteiger partial charge in [0.25, 0.3) is 0 Å². The average Bonchev–Trinajstić information content (AvgIpc) is 2.46. The highest BCUT2D eigenvalue weighted by Gasteiger charge is 2.27. The molecule has 0 saturated heterocycles. The second kappa shape index (κ2) is 5.63. The van der Waals surface area contributed by atoms with Crippen LogP contribution in [0, 0.1) is 0 Å². The molecule has 0 aliphatic carbocycles. The molecule has 2 N–H and O–H groups in total. The number of hydrogen-bond donors (Lipinski definition) is 2. The van der Waals surface area contributed by atoms with E-state index in [2.05, 4.69) is 0 Å². The van der Waals surface area contributed by atoms with Gasteiger partial charge in [0.15, 0.2) is 10.6 Å². The van der Waals surface area contributed by atoms with E-state index in [1.165, 1.54) is 6.07 Å². The van der Waals surface area contributed by atoms with Gasteiger partial charge < -0.3 is 10.2 Å². The molecular formula is C14H10O5P+. The normalized spacial score (nSPS) is 10.9. The molecule has 0 aliphatic heterocycles. The first-order valence-electron chi connectivity index (χ1n) is 5.63. The maximum Gasteiger partial charge on any atom is 0.415 e. The minimum Gasteiger partial charge on any atom is -0.478 e. The topological polar surface area (TPSA) is 91.7 Å². The van der Waals surface area contributed by atoms with Crippen molar-refractivity contribution in [3.8, 4) is 0 Å². The van der Waals surface area contributed by atoms with E-state index >= 15 is 0 Å². The van der Waals surface area contributed by atoms with Crippen LogP contribution in [0.25, 0.3) is 0 Å². The van der Waals surface area contributed by atoms with Crippen LogP contribution in [0.1, 0.15) is 20.7 Å². The SMILES string of the molecule is O=C(O)c1ccc([P+](=O)c2ccccc2)cc1C(=O)O. The highest BCUT2D eigenvalue weighted by Crippen LogP contribution is 2.21. The highest BCUT2D eigenvalue weighted by molar-refractivity contribution is 7.61. The standard InChI is InChI=1S/C14H9O5P/c15-13(16)11-7-6-10(8-12(11)14(17)18)20(19)9-4-2-1-3-5-9/h1-8H,(H-,15,16,17,18)/p+1. The van der Waals surface area contributed by atoms with Crippen molar-refractivity contribution in [2.45, 2.75) is 0 Å². The Balaban J connectivity index is 2.49. The molecule has 2 aromatic carbocycles. The number of benzene rings is 2. The summed E-state index contributed by atoms with van der Waals surface area (Å²) in [5.74, 6) is -2.69. The van der Waals surface area contributed by atoms with E-state index in [1.54, 1.807) is 30.3 Å². The largest absolute Gasteiger partial charge is 0.478 e. The number of carbonyl (C=O) groups is 2. The van der Waals surface area contributed by atoms with Gasteiger partial charge >= 0.3 is 19.7 Å². The van der Waals surface area contributed by atoms with Crippen LogP contribution in [0.2, 0.25) is 0 Å². The fourth-order valence-corrected chi connectivity index (χ4v) is 2.93. The van der Waals surface area contributed by atoms with Crippen LogP contribution in [-0.4, -0.2) is 22.2 Å². The molecule has 100 valence electrons. The van der Waals surface area contributed by atoms with E-state index < -0.39 is 19.7 Å². The minimum absolute atomic E-state index is 0.286. The van der Waals surface area contributed by atoms with Crippen LogP contribution in [0.15, 0.2) is 48.5 Å². The first kappa shape index (κ1) is 13.9. The van der Waals surface area contributed by atoms with Crippen LogP contribution in [0.4, 0.5) is 0 Å². The fraction of sp³-hybridized carbons (Fsp3) is 0. The summed E-state index contributed by atoms with van der Waals surface area (Å²) >= 11 is 0. The Hall–Kier alpha value is -2.52. The number of carboxylic acids is 2. The molecule has 5 nitrogen and oxygen atoms in total. The number of hydrogen-bond acceptors (Lipinski definition) is 3. The molecule has 0 aliphatic rings. The van der Waals surface area contributed by atoms with Gasteiger partial charge in [0.05, 0.1) is 11.1 Å². The molecule has 0 spiro atoms. The lowest BCUT2D eigenvalue weighted by molar-refractivity contribution is 0.0651. The number of carboxylic acid groups (broad SMARTS) is 2. The lowest BCUT2D eigenvalue weighted by Gasteiger charge is -2.00. The van der Waals surface area contributed by atoms with Gasteiger partial charge in [0, 0.05) is 6.07 Å². The maximum absolute atomic E-state index is 12.3. The molecule has 0 radical (unpaired) electrons. The van der Waals surface area contributed by atoms with E-state index in [4.69, 9.17) is 10.2 Å². The van der Waals surface area contributed by atoms with Crippen molar-refractivity contribution in [3.05, 3.63) is 59.7 Å². The molecule has 2 aromatic rings. The van der Waals surface area contributed by atoms with Gasteiger partial charge in [-0.3, -0.25) is 0 Å². The molecule has 0 aromatic heterocycles. The van der Waals surface area contributed by atoms with Gasteiger partial charge in [-0.1, -0.05) is 22.8 Å². The van der Waals surface area contributed by atoms with Crippen molar-refractivity contribution in [1.29, 1.82) is 0 Å². The van der Waals surface area contributed by atoms with Crippen LogP contribution < -0.4 is 10.6 Å². The summed E-state index contributed by atoms with van der Waals surface area (Å²) in [5.41, 5.74) is -0.688. The van der Waals surface area contributed by atoms with Crippen LogP contribution in [0.5, 0.6) is 0 Å². The monoisotopic (exact) mass is 289 g/mol. The quantitative estimate of drug-likeness (QED) is 0.838. The second-order valence-electron chi connectivity index (χ2n) is 3.97. The Labute approximate surface area is 115 Å². The smallest absolute Gasteiger partial charge is 0.415 e. The van der Waals surface area contributed by atoms with E-state index in [-0.39, 0.29) is 16.4 Å². The molecule has 0 fully saturated rings. The Morgan fingerprint density at radius 2 is 1.40 bits per heavy atom. The molecule has 0 saturated carbocycles. The highest BCUT2D eigenvalue weighted by atomic mass is 31.1. The lowest BCUT2D eigenvalue weighted by atomic mass is 10.1. The summed E-state index contributed by atoms with van der Waals surface area (Å²) in [6, 6.07) is 12.3. The van der Waals surface area contributed by atoms with Crippen molar-refractivity contribution in [3.63, 3.8) is 0 Å². The van der Waals surface area contributed by atoms with E-state index in [0.717, 1.165) is 12.1 Å². The molecule has 2 rings (SSSR count). The zero-order valence-corrected chi connectivity index (χ0v) is 11.1. The zero-order valence-electron chi connectivity index (χ0n) is 10.2. The Kier molecular flexibility index (Phi) is 3.91. The van der Waals surface area contributed by atoms with Crippen LogP contribution in [0.3, 0.4) is 0 Å². The van der Waals surface area contributed by atoms with Crippen molar-refractivity contribution in [2.75, 3.05) is 0 Å². The van der Waals surface area contributed by atoms with Gasteiger partial charge in [-0.2, -0.15) is 0 Å². The van der Waals surface area contributed by atoms with Crippen molar-refractivity contribution in [1.82, 2.24) is 0 Å². The summed E-state index contributed by atoms with van der Waals surface area (Å²) < 4.78 is 12.3. The van der Waals surface area contributed by atoms with Gasteiger partial charge in [-0.25, -0.2) is 9.59 Å². The molecule has 20 heavy (non-hydrogen) atoms. The molecule has 1 unspecified atom stereocenters. The third kappa shape index (κ3) is 2.73. The van der Waals surface area contributed by atoms with Gasteiger partial charge in [-0.15, -0.1) is 0 Å². The fourth-order valence-electron chi connectivity index (χ4n) is 1.73. The van der Waals surface area contributed by atoms with Gasteiger partial charge in [0.2, 0.25) is 0 Å². The number of rotatable bonds is 4. The van der Waals surface area contributed by atoms with Crippen LogP contribution >= 0.6 is 7.80 Å². The summed E-state index contributed by atoms with van der Waals surface area (Å²) in [7, 11) is -1.95. The second-order valence-corrected chi connectivity index (χ2v) is 5.59. The molecule has 0 amide bonds. The summed E-state index contributed by atoms with van der Waals surface area (Å²) in [6.07, 6.45) is 0. The minimum atomic E-state index is -1.95. The van der Waals surface area contributed by atoms with Crippen molar-refractivity contribution in [2.24, 2.45) is 0 Å². The first-order valence-corrected chi connectivity index (χ1v) is 6.89. The number of aromatic carboxylic acids is 2. The predicted molar refractivity (Wildman–Crippen MR) is 73.7 cm³/mol. The van der Waals surface area contributed by atoms with Crippen molar-refractivity contribution >= 4 is 30.3 Å². The van der Waals surface area contributed by atoms with Crippen molar-refractivity contribution < 1.29 is 24.4 Å². The maximum atomic E-state index is 12.3. The third-order valence-corrected chi connectivity index (χ3v) is 4.20. The summed E-state index contributed by atoms with van der Waals surface area (Å²) in [6.45, 7) is 0. The van der Waals surface area contributed by atoms with Gasteiger partial charge in [0.1, 0.15) is 0 Å².